The summed E-state index contributed by atoms with van der Waals surface area (Å²) in [5, 5.41) is 0. The Hall–Kier alpha value is -3.68. The van der Waals surface area contributed by atoms with Crippen molar-refractivity contribution in [2.24, 2.45) is 7.05 Å². The molecule has 0 aliphatic carbocycles. The van der Waals surface area contributed by atoms with E-state index in [-0.39, 0.29) is 17.9 Å². The molecule has 0 N–H and O–H groups in total. The van der Waals surface area contributed by atoms with Crippen molar-refractivity contribution >= 4 is 22.8 Å². The van der Waals surface area contributed by atoms with Crippen molar-refractivity contribution < 1.29 is 4.39 Å². The van der Waals surface area contributed by atoms with E-state index in [0.717, 1.165) is 18.7 Å². The number of aromatic nitrogens is 4. The first-order chi connectivity index (χ1) is 14.9. The predicted molar refractivity (Wildman–Crippen MR) is 118 cm³/mol. The van der Waals surface area contributed by atoms with E-state index in [0.29, 0.717) is 29.2 Å². The van der Waals surface area contributed by atoms with Gasteiger partial charge in [0.25, 0.3) is 5.56 Å². The lowest BCUT2D eigenvalue weighted by atomic mass is 10.2. The maximum atomic E-state index is 13.4. The first-order valence-electron chi connectivity index (χ1n) is 10.2. The van der Waals surface area contributed by atoms with Crippen LogP contribution >= 0.6 is 0 Å². The molecule has 7 nitrogen and oxygen atoms in total. The summed E-state index contributed by atoms with van der Waals surface area (Å²) in [6.45, 7) is 3.54. The van der Waals surface area contributed by atoms with Gasteiger partial charge in [0.15, 0.2) is 11.2 Å². The van der Waals surface area contributed by atoms with Crippen molar-refractivity contribution in [3.8, 4) is 0 Å². The van der Waals surface area contributed by atoms with Gasteiger partial charge in [0.1, 0.15) is 5.82 Å². The van der Waals surface area contributed by atoms with E-state index in [4.69, 9.17) is 4.98 Å². The Morgan fingerprint density at radius 2 is 1.71 bits per heavy atom. The van der Waals surface area contributed by atoms with Crippen LogP contribution in [-0.2, 0) is 20.1 Å². The van der Waals surface area contributed by atoms with Crippen LogP contribution in [0.5, 0.6) is 0 Å². The molecule has 0 spiro atoms. The van der Waals surface area contributed by atoms with Gasteiger partial charge in [-0.05, 0) is 43.2 Å². The van der Waals surface area contributed by atoms with Crippen molar-refractivity contribution in [1.29, 1.82) is 0 Å². The standard InChI is InChI=1S/C23H22FN5O2/c1-15-4-10-18(11-5-15)27-12-3-13-28-19-20(25-22(27)28)26(2)23(31)29(21(19)30)14-16-6-8-17(24)9-7-16/h4-11H,3,12-14H2,1-2H3. The first-order valence-corrected chi connectivity index (χ1v) is 10.2. The molecule has 2 aromatic heterocycles. The molecule has 2 aromatic carbocycles. The molecule has 0 atom stereocenters. The number of aryl methyl sites for hydroxylation is 3. The minimum Gasteiger partial charge on any atom is -0.312 e. The van der Waals surface area contributed by atoms with Crippen molar-refractivity contribution in [3.05, 3.63) is 86.3 Å². The van der Waals surface area contributed by atoms with Gasteiger partial charge in [-0.25, -0.2) is 9.18 Å². The van der Waals surface area contributed by atoms with E-state index in [1.54, 1.807) is 19.2 Å². The van der Waals surface area contributed by atoms with Crippen LogP contribution < -0.4 is 16.1 Å². The normalized spacial score (nSPS) is 13.6. The minimum absolute atomic E-state index is 0.0733. The van der Waals surface area contributed by atoms with E-state index in [2.05, 4.69) is 4.90 Å². The largest absolute Gasteiger partial charge is 0.332 e. The van der Waals surface area contributed by atoms with Crippen LogP contribution in [0, 0.1) is 12.7 Å². The van der Waals surface area contributed by atoms with E-state index in [1.807, 2.05) is 35.8 Å². The Morgan fingerprint density at radius 3 is 2.42 bits per heavy atom. The van der Waals surface area contributed by atoms with Gasteiger partial charge >= 0.3 is 5.69 Å². The number of benzene rings is 2. The summed E-state index contributed by atoms with van der Waals surface area (Å²) in [7, 11) is 1.63. The van der Waals surface area contributed by atoms with Gasteiger partial charge in [0.2, 0.25) is 5.95 Å². The molecule has 4 aromatic rings. The summed E-state index contributed by atoms with van der Waals surface area (Å²) < 4.78 is 17.8. The predicted octanol–water partition coefficient (Wildman–Crippen LogP) is 2.93. The highest BCUT2D eigenvalue weighted by molar-refractivity contribution is 5.77. The quantitative estimate of drug-likeness (QED) is 0.512. The Kier molecular flexibility index (Phi) is 4.50. The average molecular weight is 419 g/mol. The molecule has 0 saturated heterocycles. The number of imidazole rings is 1. The lowest BCUT2D eigenvalue weighted by molar-refractivity contribution is 0.597. The molecule has 1 aliphatic rings. The lowest BCUT2D eigenvalue weighted by Crippen LogP contribution is -2.40. The highest BCUT2D eigenvalue weighted by Gasteiger charge is 2.27. The third kappa shape index (κ3) is 3.15. The number of hydrogen-bond donors (Lipinski definition) is 0. The second kappa shape index (κ2) is 7.23. The zero-order chi connectivity index (χ0) is 21.7. The van der Waals surface area contributed by atoms with E-state index < -0.39 is 5.69 Å². The smallest absolute Gasteiger partial charge is 0.312 e. The van der Waals surface area contributed by atoms with Crippen LogP contribution in [-0.4, -0.2) is 25.2 Å². The summed E-state index contributed by atoms with van der Waals surface area (Å²) in [5.74, 6) is 0.303. The highest BCUT2D eigenvalue weighted by atomic mass is 19.1. The van der Waals surface area contributed by atoms with Crippen LogP contribution in [0.1, 0.15) is 17.5 Å². The second-order valence-corrected chi connectivity index (χ2v) is 7.94. The molecule has 158 valence electrons. The molecule has 5 rings (SSSR count). The van der Waals surface area contributed by atoms with E-state index in [9.17, 15) is 14.0 Å². The fraction of sp³-hybridized carbons (Fsp3) is 0.261. The molecule has 0 amide bonds. The number of nitrogens with zero attached hydrogens (tertiary/aromatic N) is 5. The van der Waals surface area contributed by atoms with Crippen LogP contribution in [0.2, 0.25) is 0 Å². The minimum atomic E-state index is -0.445. The maximum absolute atomic E-state index is 13.4. The maximum Gasteiger partial charge on any atom is 0.332 e. The van der Waals surface area contributed by atoms with Crippen LogP contribution in [0.25, 0.3) is 11.2 Å². The summed E-state index contributed by atoms with van der Waals surface area (Å²) in [5.41, 5.74) is 2.81. The zero-order valence-electron chi connectivity index (χ0n) is 17.4. The number of hydrogen-bond acceptors (Lipinski definition) is 4. The van der Waals surface area contributed by atoms with Crippen molar-refractivity contribution in [2.75, 3.05) is 11.4 Å². The molecule has 8 heteroatoms. The average Bonchev–Trinajstić information content (AvgIpc) is 3.17. The van der Waals surface area contributed by atoms with E-state index in [1.165, 1.54) is 26.8 Å². The van der Waals surface area contributed by atoms with Gasteiger partial charge in [-0.15, -0.1) is 0 Å². The molecule has 0 bridgehead atoms. The Labute approximate surface area is 177 Å². The molecule has 1 aliphatic heterocycles. The molecule has 0 unspecified atom stereocenters. The van der Waals surface area contributed by atoms with Gasteiger partial charge in [0, 0.05) is 25.8 Å². The van der Waals surface area contributed by atoms with Crippen molar-refractivity contribution in [2.45, 2.75) is 26.4 Å². The summed E-state index contributed by atoms with van der Waals surface area (Å²) in [6, 6.07) is 14.0. The number of rotatable bonds is 3. The summed E-state index contributed by atoms with van der Waals surface area (Å²) in [4.78, 5) is 33.1. The van der Waals surface area contributed by atoms with Gasteiger partial charge in [0.05, 0.1) is 6.54 Å². The molecule has 0 fully saturated rings. The second-order valence-electron chi connectivity index (χ2n) is 7.94. The Balaban J connectivity index is 1.68. The highest BCUT2D eigenvalue weighted by Crippen LogP contribution is 2.31. The Bertz CT molecular complexity index is 1400. The fourth-order valence-electron chi connectivity index (χ4n) is 4.15. The third-order valence-electron chi connectivity index (χ3n) is 5.82. The van der Waals surface area contributed by atoms with Crippen molar-refractivity contribution in [3.63, 3.8) is 0 Å². The number of fused-ring (bicyclic) bond motifs is 3. The summed E-state index contributed by atoms with van der Waals surface area (Å²) in [6.07, 6.45) is 0.854. The van der Waals surface area contributed by atoms with Crippen LogP contribution in [0.4, 0.5) is 16.0 Å². The third-order valence-corrected chi connectivity index (χ3v) is 5.82. The molecule has 0 radical (unpaired) electrons. The van der Waals surface area contributed by atoms with E-state index >= 15 is 0 Å². The van der Waals surface area contributed by atoms with Crippen LogP contribution in [0.3, 0.4) is 0 Å². The van der Waals surface area contributed by atoms with Crippen molar-refractivity contribution in [1.82, 2.24) is 18.7 Å². The van der Waals surface area contributed by atoms with Gasteiger partial charge in [-0.3, -0.25) is 13.9 Å². The van der Waals surface area contributed by atoms with Crippen LogP contribution in [0.15, 0.2) is 58.1 Å². The fourth-order valence-corrected chi connectivity index (χ4v) is 4.15. The topological polar surface area (TPSA) is 65.1 Å². The molecule has 3 heterocycles. The first kappa shape index (κ1) is 19.3. The molecular weight excluding hydrogens is 397 g/mol. The molecule has 31 heavy (non-hydrogen) atoms. The van der Waals surface area contributed by atoms with Gasteiger partial charge in [-0.1, -0.05) is 29.8 Å². The lowest BCUT2D eigenvalue weighted by Gasteiger charge is -2.29. The zero-order valence-corrected chi connectivity index (χ0v) is 17.4. The number of halogens is 1. The SMILES string of the molecule is Cc1ccc(N2CCCn3c2nc2c3c(=O)n(Cc3ccc(F)cc3)c(=O)n2C)cc1. The van der Waals surface area contributed by atoms with Gasteiger partial charge in [-0.2, -0.15) is 4.98 Å². The summed E-state index contributed by atoms with van der Waals surface area (Å²) >= 11 is 0. The monoisotopic (exact) mass is 419 g/mol. The Morgan fingerprint density at radius 1 is 1.00 bits per heavy atom. The molecule has 0 saturated carbocycles. The molecular formula is C23H22FN5O2. The number of anilines is 2. The van der Waals surface area contributed by atoms with Gasteiger partial charge < -0.3 is 9.47 Å².